The van der Waals surface area contributed by atoms with Gasteiger partial charge in [0.15, 0.2) is 11.5 Å². The van der Waals surface area contributed by atoms with Gasteiger partial charge in [-0.15, -0.1) is 0 Å². The van der Waals surface area contributed by atoms with Crippen LogP contribution in [0.2, 0.25) is 0 Å². The quantitative estimate of drug-likeness (QED) is 0.777. The zero-order chi connectivity index (χ0) is 13.9. The number of ether oxygens (including phenoxy) is 2. The van der Waals surface area contributed by atoms with Crippen molar-refractivity contribution in [3.8, 4) is 11.5 Å². The fraction of sp³-hybridized carbons (Fsp3) is 0.533. The summed E-state index contributed by atoms with van der Waals surface area (Å²) in [6.07, 6.45) is 3.32. The van der Waals surface area contributed by atoms with Crippen molar-refractivity contribution in [1.82, 2.24) is 4.90 Å². The maximum Gasteiger partial charge on any atom is 0.258 e. The minimum absolute atomic E-state index is 0.0523. The fourth-order valence-corrected chi connectivity index (χ4v) is 3.50. The van der Waals surface area contributed by atoms with Gasteiger partial charge in [0, 0.05) is 17.9 Å². The van der Waals surface area contributed by atoms with E-state index in [1.165, 1.54) is 6.42 Å². The second-order valence-corrected chi connectivity index (χ2v) is 5.78. The second-order valence-electron chi connectivity index (χ2n) is 5.13. The lowest BCUT2D eigenvalue weighted by molar-refractivity contribution is 0.0632. The third-order valence-electron chi connectivity index (χ3n) is 3.86. The summed E-state index contributed by atoms with van der Waals surface area (Å²) in [6.45, 7) is 1.86. The molecule has 1 aromatic rings. The topological polar surface area (TPSA) is 38.8 Å². The zero-order valence-corrected chi connectivity index (χ0v) is 12.9. The molecule has 0 aromatic heterocycles. The van der Waals surface area contributed by atoms with Crippen molar-refractivity contribution in [3.05, 3.63) is 23.8 Å². The number of carbonyl (C=O) groups excluding carboxylic acids is 1. The van der Waals surface area contributed by atoms with E-state index in [2.05, 4.69) is 15.9 Å². The number of rotatable bonds is 2. The lowest BCUT2D eigenvalue weighted by Crippen LogP contribution is -2.44. The average molecular weight is 340 g/mol. The van der Waals surface area contributed by atoms with Gasteiger partial charge >= 0.3 is 0 Å². The third-order valence-corrected chi connectivity index (χ3v) is 4.61. The van der Waals surface area contributed by atoms with E-state index in [1.807, 2.05) is 23.1 Å². The lowest BCUT2D eigenvalue weighted by atomic mass is 10.0. The van der Waals surface area contributed by atoms with Crippen molar-refractivity contribution in [1.29, 1.82) is 0 Å². The molecule has 108 valence electrons. The molecule has 0 N–H and O–H groups in total. The van der Waals surface area contributed by atoms with Crippen LogP contribution in [-0.2, 0) is 0 Å². The molecule has 1 unspecified atom stereocenters. The highest BCUT2D eigenvalue weighted by molar-refractivity contribution is 9.09. The van der Waals surface area contributed by atoms with E-state index in [4.69, 9.17) is 9.47 Å². The molecular weight excluding hydrogens is 322 g/mol. The molecule has 0 spiro atoms. The van der Waals surface area contributed by atoms with E-state index in [9.17, 15) is 4.79 Å². The summed E-state index contributed by atoms with van der Waals surface area (Å²) in [5.41, 5.74) is 0.620. The number of nitrogens with zero attached hydrogens (tertiary/aromatic N) is 1. The van der Waals surface area contributed by atoms with Crippen molar-refractivity contribution < 1.29 is 14.3 Å². The van der Waals surface area contributed by atoms with Crippen LogP contribution in [0.3, 0.4) is 0 Å². The number of fused-ring (bicyclic) bond motifs is 1. The normalized spacial score (nSPS) is 21.6. The Hall–Kier alpha value is -1.23. The van der Waals surface area contributed by atoms with Crippen LogP contribution in [-0.4, -0.2) is 41.9 Å². The molecule has 3 rings (SSSR count). The van der Waals surface area contributed by atoms with Crippen molar-refractivity contribution in [2.75, 3.05) is 25.1 Å². The zero-order valence-electron chi connectivity index (χ0n) is 11.3. The Balaban J connectivity index is 1.90. The minimum Gasteiger partial charge on any atom is -0.486 e. The first-order valence-electron chi connectivity index (χ1n) is 7.07. The molecule has 0 bridgehead atoms. The Kier molecular flexibility index (Phi) is 4.15. The minimum atomic E-state index is 0.0523. The second kappa shape index (κ2) is 6.04. The van der Waals surface area contributed by atoms with Gasteiger partial charge in [0.25, 0.3) is 5.91 Å². The Morgan fingerprint density at radius 1 is 1.30 bits per heavy atom. The number of piperidine rings is 1. The van der Waals surface area contributed by atoms with Gasteiger partial charge in [0.1, 0.15) is 13.2 Å². The summed E-state index contributed by atoms with van der Waals surface area (Å²) in [6, 6.07) is 5.81. The van der Waals surface area contributed by atoms with E-state index in [0.29, 0.717) is 30.3 Å². The van der Waals surface area contributed by atoms with Gasteiger partial charge in [-0.1, -0.05) is 22.0 Å². The molecule has 4 nitrogen and oxygen atoms in total. The molecule has 0 radical (unpaired) electrons. The predicted octanol–water partition coefficient (Wildman–Crippen LogP) is 2.85. The Morgan fingerprint density at radius 2 is 2.15 bits per heavy atom. The Labute approximate surface area is 127 Å². The van der Waals surface area contributed by atoms with Crippen LogP contribution in [0.15, 0.2) is 18.2 Å². The van der Waals surface area contributed by atoms with Crippen LogP contribution in [0, 0.1) is 0 Å². The maximum atomic E-state index is 12.8. The number of halogens is 1. The van der Waals surface area contributed by atoms with Crippen molar-refractivity contribution in [2.45, 2.75) is 25.3 Å². The summed E-state index contributed by atoms with van der Waals surface area (Å²) in [7, 11) is 0. The molecule has 0 aliphatic carbocycles. The first kappa shape index (κ1) is 13.7. The van der Waals surface area contributed by atoms with E-state index >= 15 is 0 Å². The third kappa shape index (κ3) is 2.51. The monoisotopic (exact) mass is 339 g/mol. The van der Waals surface area contributed by atoms with Crippen LogP contribution in [0.4, 0.5) is 0 Å². The van der Waals surface area contributed by atoms with Crippen molar-refractivity contribution in [3.63, 3.8) is 0 Å². The van der Waals surface area contributed by atoms with E-state index < -0.39 is 0 Å². The highest BCUT2D eigenvalue weighted by atomic mass is 79.9. The van der Waals surface area contributed by atoms with Crippen LogP contribution in [0.5, 0.6) is 11.5 Å². The Morgan fingerprint density at radius 3 is 3.00 bits per heavy atom. The number of amides is 1. The molecule has 1 aromatic carbocycles. The van der Waals surface area contributed by atoms with Gasteiger partial charge in [-0.2, -0.15) is 0 Å². The van der Waals surface area contributed by atoms with E-state index in [-0.39, 0.29) is 11.9 Å². The molecule has 5 heteroatoms. The summed E-state index contributed by atoms with van der Waals surface area (Å²) in [5.74, 6) is 1.33. The van der Waals surface area contributed by atoms with Crippen LogP contribution in [0.25, 0.3) is 0 Å². The number of hydrogen-bond donors (Lipinski definition) is 0. The first-order chi connectivity index (χ1) is 9.81. The number of benzene rings is 1. The summed E-state index contributed by atoms with van der Waals surface area (Å²) >= 11 is 3.52. The number of likely N-dealkylation sites (tertiary alicyclic amines) is 1. The lowest BCUT2D eigenvalue weighted by Gasteiger charge is -2.35. The first-order valence-corrected chi connectivity index (χ1v) is 8.19. The summed E-state index contributed by atoms with van der Waals surface area (Å²) < 4.78 is 11.2. The largest absolute Gasteiger partial charge is 0.486 e. The van der Waals surface area contributed by atoms with Gasteiger partial charge in [0.2, 0.25) is 0 Å². The summed E-state index contributed by atoms with van der Waals surface area (Å²) in [4.78, 5) is 14.8. The van der Waals surface area contributed by atoms with Gasteiger partial charge in [-0.05, 0) is 31.4 Å². The summed E-state index contributed by atoms with van der Waals surface area (Å²) in [5, 5.41) is 0.825. The molecule has 20 heavy (non-hydrogen) atoms. The molecule has 2 heterocycles. The van der Waals surface area contributed by atoms with Gasteiger partial charge in [-0.25, -0.2) is 0 Å². The van der Waals surface area contributed by atoms with Gasteiger partial charge < -0.3 is 14.4 Å². The van der Waals surface area contributed by atoms with E-state index in [0.717, 1.165) is 24.7 Å². The standard InChI is InChI=1S/C15H18BrNO3/c16-10-11-4-1-2-7-17(11)15(18)12-5-3-6-13-14(12)20-9-8-19-13/h3,5-6,11H,1-2,4,7-10H2. The highest BCUT2D eigenvalue weighted by Gasteiger charge is 2.30. The average Bonchev–Trinajstić information content (AvgIpc) is 2.53. The highest BCUT2D eigenvalue weighted by Crippen LogP contribution is 2.35. The molecule has 1 saturated heterocycles. The van der Waals surface area contributed by atoms with E-state index in [1.54, 1.807) is 0 Å². The Bertz CT molecular complexity index is 506. The SMILES string of the molecule is O=C(c1cccc2c1OCCO2)N1CCCCC1CBr. The van der Waals surface area contributed by atoms with Gasteiger partial charge in [0.05, 0.1) is 5.56 Å². The predicted molar refractivity (Wildman–Crippen MR) is 79.9 cm³/mol. The molecule has 1 atom stereocenters. The maximum absolute atomic E-state index is 12.8. The molecule has 1 amide bonds. The van der Waals surface area contributed by atoms with Crippen LogP contribution >= 0.6 is 15.9 Å². The van der Waals surface area contributed by atoms with Crippen molar-refractivity contribution >= 4 is 21.8 Å². The number of alkyl halides is 1. The van der Waals surface area contributed by atoms with Crippen LogP contribution < -0.4 is 9.47 Å². The fourth-order valence-electron chi connectivity index (χ4n) is 2.83. The van der Waals surface area contributed by atoms with Gasteiger partial charge in [-0.3, -0.25) is 4.79 Å². The van der Waals surface area contributed by atoms with Crippen LogP contribution in [0.1, 0.15) is 29.6 Å². The number of carbonyl (C=O) groups is 1. The molecule has 2 aliphatic rings. The molecular formula is C15H18BrNO3. The van der Waals surface area contributed by atoms with Crippen molar-refractivity contribution in [2.24, 2.45) is 0 Å². The molecule has 1 fully saturated rings. The number of para-hydroxylation sites is 1. The smallest absolute Gasteiger partial charge is 0.258 e. The molecule has 0 saturated carbocycles. The number of hydrogen-bond acceptors (Lipinski definition) is 3. The molecule has 2 aliphatic heterocycles.